The largest absolute Gasteiger partial charge is 0.416 e. The minimum absolute atomic E-state index is 0.149. The maximum atomic E-state index is 12.7. The minimum atomic E-state index is -4.44. The van der Waals surface area contributed by atoms with Crippen LogP contribution in [-0.2, 0) is 6.18 Å². The molecular weight excluding hydrogens is 391 g/mol. The van der Waals surface area contributed by atoms with Crippen molar-refractivity contribution in [3.63, 3.8) is 0 Å². The van der Waals surface area contributed by atoms with Crippen LogP contribution in [0.25, 0.3) is 16.9 Å². The summed E-state index contributed by atoms with van der Waals surface area (Å²) in [6.45, 7) is 3.83. The van der Waals surface area contributed by atoms with Crippen molar-refractivity contribution in [2.24, 2.45) is 0 Å². The van der Waals surface area contributed by atoms with E-state index in [1.54, 1.807) is 0 Å². The molecular formula is C23H18F3N3O. The standard InChI is InChI=1S/C23H18F3N3O/c1-14-5-6-17(20-13-29-11-3-4-15(2)21(29)27-20)12-19(14)28-22(30)16-7-9-18(10-8-16)23(24,25)26/h3-13H,1-2H3,(H,28,30). The number of nitrogens with zero attached hydrogens (tertiary/aromatic N) is 2. The van der Waals surface area contributed by atoms with Gasteiger partial charge in [0.05, 0.1) is 11.3 Å². The van der Waals surface area contributed by atoms with Crippen molar-refractivity contribution in [2.45, 2.75) is 20.0 Å². The Morgan fingerprint density at radius 3 is 2.40 bits per heavy atom. The Labute approximate surface area is 171 Å². The molecule has 1 amide bonds. The number of alkyl halides is 3. The average Bonchev–Trinajstić information content (AvgIpc) is 3.15. The first-order valence-corrected chi connectivity index (χ1v) is 9.26. The first-order chi connectivity index (χ1) is 14.2. The number of halogens is 3. The van der Waals surface area contributed by atoms with Crippen LogP contribution in [0.2, 0.25) is 0 Å². The second-order valence-electron chi connectivity index (χ2n) is 7.11. The summed E-state index contributed by atoms with van der Waals surface area (Å²) in [6, 6.07) is 13.7. The number of aromatic nitrogens is 2. The fourth-order valence-electron chi connectivity index (χ4n) is 3.21. The van der Waals surface area contributed by atoms with Crippen molar-refractivity contribution in [2.75, 3.05) is 5.32 Å². The number of carbonyl (C=O) groups is 1. The van der Waals surface area contributed by atoms with Crippen LogP contribution in [0.5, 0.6) is 0 Å². The molecule has 0 radical (unpaired) electrons. The third-order valence-electron chi connectivity index (χ3n) is 4.93. The van der Waals surface area contributed by atoms with E-state index in [0.29, 0.717) is 5.69 Å². The lowest BCUT2D eigenvalue weighted by molar-refractivity contribution is -0.137. The van der Waals surface area contributed by atoms with E-state index in [0.717, 1.165) is 40.2 Å². The average molecular weight is 409 g/mol. The van der Waals surface area contributed by atoms with Crippen LogP contribution in [0.3, 0.4) is 0 Å². The molecule has 0 fully saturated rings. The van der Waals surface area contributed by atoms with Crippen LogP contribution in [0.4, 0.5) is 18.9 Å². The summed E-state index contributed by atoms with van der Waals surface area (Å²) in [4.78, 5) is 17.2. The van der Waals surface area contributed by atoms with Gasteiger partial charge >= 0.3 is 6.18 Å². The highest BCUT2D eigenvalue weighted by atomic mass is 19.4. The minimum Gasteiger partial charge on any atom is -0.322 e. The molecule has 30 heavy (non-hydrogen) atoms. The zero-order valence-electron chi connectivity index (χ0n) is 16.3. The van der Waals surface area contributed by atoms with Crippen LogP contribution in [0.1, 0.15) is 27.0 Å². The van der Waals surface area contributed by atoms with Gasteiger partial charge in [-0.15, -0.1) is 0 Å². The van der Waals surface area contributed by atoms with Crippen LogP contribution in [0, 0.1) is 13.8 Å². The molecule has 4 aromatic rings. The van der Waals surface area contributed by atoms with Crippen LogP contribution in [-0.4, -0.2) is 15.3 Å². The Kier molecular flexibility index (Phi) is 4.81. The molecule has 2 aromatic carbocycles. The van der Waals surface area contributed by atoms with Crippen LogP contribution in [0.15, 0.2) is 67.0 Å². The number of rotatable bonds is 3. The molecule has 0 saturated heterocycles. The van der Waals surface area contributed by atoms with Crippen molar-refractivity contribution in [3.8, 4) is 11.3 Å². The van der Waals surface area contributed by atoms with Gasteiger partial charge in [-0.2, -0.15) is 13.2 Å². The summed E-state index contributed by atoms with van der Waals surface area (Å²) >= 11 is 0. The van der Waals surface area contributed by atoms with E-state index in [-0.39, 0.29) is 5.56 Å². The maximum Gasteiger partial charge on any atom is 0.416 e. The summed E-state index contributed by atoms with van der Waals surface area (Å²) in [7, 11) is 0. The van der Waals surface area contributed by atoms with Gasteiger partial charge in [0.1, 0.15) is 5.65 Å². The number of fused-ring (bicyclic) bond motifs is 1. The Balaban J connectivity index is 1.61. The third kappa shape index (κ3) is 3.78. The zero-order chi connectivity index (χ0) is 21.5. The highest BCUT2D eigenvalue weighted by Crippen LogP contribution is 2.30. The molecule has 0 bridgehead atoms. The molecule has 0 atom stereocenters. The summed E-state index contributed by atoms with van der Waals surface area (Å²) in [5.74, 6) is -0.477. The second-order valence-corrected chi connectivity index (χ2v) is 7.11. The van der Waals surface area contributed by atoms with Gasteiger partial charge in [0.2, 0.25) is 0 Å². The van der Waals surface area contributed by atoms with Gasteiger partial charge in [0, 0.05) is 29.2 Å². The number of anilines is 1. The first kappa shape index (κ1) is 19.7. The number of benzene rings is 2. The van der Waals surface area contributed by atoms with E-state index >= 15 is 0 Å². The Hall–Kier alpha value is -3.61. The monoisotopic (exact) mass is 409 g/mol. The highest BCUT2D eigenvalue weighted by molar-refractivity contribution is 6.05. The van der Waals surface area contributed by atoms with Gasteiger partial charge in [-0.1, -0.05) is 18.2 Å². The maximum absolute atomic E-state index is 12.7. The van der Waals surface area contributed by atoms with E-state index in [2.05, 4.69) is 10.3 Å². The SMILES string of the molecule is Cc1ccc(-c2cn3cccc(C)c3n2)cc1NC(=O)c1ccc(C(F)(F)F)cc1. The van der Waals surface area contributed by atoms with Crippen molar-refractivity contribution >= 4 is 17.2 Å². The predicted molar refractivity (Wildman–Crippen MR) is 109 cm³/mol. The van der Waals surface area contributed by atoms with E-state index < -0.39 is 17.6 Å². The molecule has 0 unspecified atom stereocenters. The number of nitrogens with one attached hydrogen (secondary N) is 1. The van der Waals surface area contributed by atoms with Gasteiger partial charge in [-0.25, -0.2) is 4.98 Å². The number of carbonyl (C=O) groups excluding carboxylic acids is 1. The molecule has 4 rings (SSSR count). The molecule has 0 saturated carbocycles. The van der Waals surface area contributed by atoms with Gasteiger partial charge in [0.15, 0.2) is 0 Å². The third-order valence-corrected chi connectivity index (χ3v) is 4.93. The van der Waals surface area contributed by atoms with Crippen molar-refractivity contribution < 1.29 is 18.0 Å². The van der Waals surface area contributed by atoms with Crippen LogP contribution < -0.4 is 5.32 Å². The summed E-state index contributed by atoms with van der Waals surface area (Å²) < 4.78 is 40.1. The van der Waals surface area contributed by atoms with E-state index in [9.17, 15) is 18.0 Å². The summed E-state index contributed by atoms with van der Waals surface area (Å²) in [5, 5.41) is 2.79. The molecule has 0 spiro atoms. The first-order valence-electron chi connectivity index (χ1n) is 9.26. The molecule has 0 aliphatic heterocycles. The lowest BCUT2D eigenvalue weighted by Crippen LogP contribution is -2.13. The number of pyridine rings is 1. The zero-order valence-corrected chi connectivity index (χ0v) is 16.3. The van der Waals surface area contributed by atoms with E-state index in [1.165, 1.54) is 12.1 Å². The van der Waals surface area contributed by atoms with Crippen LogP contribution >= 0.6 is 0 Å². The molecule has 0 aliphatic carbocycles. The molecule has 4 nitrogen and oxygen atoms in total. The fourth-order valence-corrected chi connectivity index (χ4v) is 3.21. The Morgan fingerprint density at radius 1 is 1.00 bits per heavy atom. The fraction of sp³-hybridized carbons (Fsp3) is 0.130. The van der Waals surface area contributed by atoms with Crippen molar-refractivity contribution in [1.82, 2.24) is 9.38 Å². The molecule has 2 heterocycles. The van der Waals surface area contributed by atoms with Crippen molar-refractivity contribution in [1.29, 1.82) is 0 Å². The predicted octanol–water partition coefficient (Wildman–Crippen LogP) is 5.89. The normalized spacial score (nSPS) is 11.6. The summed E-state index contributed by atoms with van der Waals surface area (Å²) in [5.41, 5.74) is 4.25. The van der Waals surface area contributed by atoms with Crippen molar-refractivity contribution in [3.05, 3.63) is 89.2 Å². The lowest BCUT2D eigenvalue weighted by atomic mass is 10.1. The topological polar surface area (TPSA) is 46.4 Å². The Morgan fingerprint density at radius 2 is 1.73 bits per heavy atom. The van der Waals surface area contributed by atoms with Gasteiger partial charge in [-0.05, 0) is 61.4 Å². The Bertz CT molecular complexity index is 1240. The number of imidazole rings is 1. The lowest BCUT2D eigenvalue weighted by Gasteiger charge is -2.11. The molecule has 152 valence electrons. The highest BCUT2D eigenvalue weighted by Gasteiger charge is 2.30. The van der Waals surface area contributed by atoms with Gasteiger partial charge in [-0.3, -0.25) is 4.79 Å². The number of aryl methyl sites for hydroxylation is 2. The number of hydrogen-bond donors (Lipinski definition) is 1. The number of hydrogen-bond acceptors (Lipinski definition) is 2. The van der Waals surface area contributed by atoms with E-state index in [4.69, 9.17) is 0 Å². The quantitative estimate of drug-likeness (QED) is 0.459. The van der Waals surface area contributed by atoms with Gasteiger partial charge in [0.25, 0.3) is 5.91 Å². The second kappa shape index (κ2) is 7.33. The smallest absolute Gasteiger partial charge is 0.322 e. The van der Waals surface area contributed by atoms with Gasteiger partial charge < -0.3 is 9.72 Å². The molecule has 7 heteroatoms. The molecule has 0 aliphatic rings. The summed E-state index contributed by atoms with van der Waals surface area (Å²) in [6.07, 6.45) is -0.610. The molecule has 2 aromatic heterocycles. The number of amides is 1. The molecule has 1 N–H and O–H groups in total. The van der Waals surface area contributed by atoms with E-state index in [1.807, 2.05) is 61.0 Å².